The molecule has 0 bridgehead atoms. The number of nitrogens with zero attached hydrogens (tertiary/aromatic N) is 2. The van der Waals surface area contributed by atoms with Crippen molar-refractivity contribution in [2.75, 3.05) is 50.0 Å². The first-order valence-corrected chi connectivity index (χ1v) is 20.5. The number of Topliss-reactive ketones (excluding diaryl/α,β-unsaturated/α-hetero) is 1. The van der Waals surface area contributed by atoms with E-state index in [0.717, 1.165) is 17.7 Å². The lowest BCUT2D eigenvalue weighted by molar-refractivity contribution is -0.135. The van der Waals surface area contributed by atoms with Gasteiger partial charge in [0.05, 0.1) is 11.4 Å². The predicted octanol–water partition coefficient (Wildman–Crippen LogP) is 8.12. The number of hydrogen-bond acceptors (Lipinski definition) is 8. The number of likely N-dealkylation sites (tertiary alicyclic amines) is 2. The highest BCUT2D eigenvalue weighted by Gasteiger charge is 2.28. The van der Waals surface area contributed by atoms with Crippen molar-refractivity contribution in [2.24, 2.45) is 17.4 Å². The fourth-order valence-corrected chi connectivity index (χ4v) is 7.94. The number of carbonyl (C=O) groups is 5. The normalized spacial score (nSPS) is 14.4. The molecule has 312 valence electrons. The van der Waals surface area contributed by atoms with E-state index in [9.17, 15) is 28.4 Å². The maximum Gasteiger partial charge on any atom is 0.316 e. The van der Waals surface area contributed by atoms with Crippen LogP contribution in [0.2, 0.25) is 15.1 Å². The lowest BCUT2D eigenvalue weighted by Gasteiger charge is -2.31. The van der Waals surface area contributed by atoms with Crippen LogP contribution in [0.1, 0.15) is 36.0 Å². The van der Waals surface area contributed by atoms with Gasteiger partial charge in [0.25, 0.3) is 11.8 Å². The largest absolute Gasteiger partial charge is 0.482 e. The summed E-state index contributed by atoms with van der Waals surface area (Å²) in [6.07, 6.45) is 2.87. The van der Waals surface area contributed by atoms with E-state index in [1.807, 2.05) is 0 Å². The van der Waals surface area contributed by atoms with Gasteiger partial charge in [-0.3, -0.25) is 14.4 Å². The van der Waals surface area contributed by atoms with Crippen molar-refractivity contribution in [1.82, 2.24) is 9.80 Å². The number of benzene rings is 4. The van der Waals surface area contributed by atoms with Crippen molar-refractivity contribution in [3.05, 3.63) is 111 Å². The summed E-state index contributed by atoms with van der Waals surface area (Å²) in [5.41, 5.74) is 11.5. The third-order valence-electron chi connectivity index (χ3n) is 9.36. The summed E-state index contributed by atoms with van der Waals surface area (Å²) in [6, 6.07) is 21.1. The Morgan fingerprint density at radius 2 is 1.08 bits per heavy atom. The Hall–Kier alpha value is -5.22. The molecular weight excluding hydrogens is 846 g/mol. The van der Waals surface area contributed by atoms with Crippen LogP contribution in [-0.4, -0.2) is 84.1 Å². The molecule has 18 heteroatoms. The highest BCUT2D eigenvalue weighted by Crippen LogP contribution is 2.32. The standard InChI is InChI=1S/C21H21Cl2N3O4.C20H21ClFN3O3S/c22-15-3-1-13(2-4-15)20(28)14-7-9-26(10-8-14)19(27)12-30-18-6-5-16(23)11-17(18)25-21(24)29;21-13-1-6-18(17(11-13)24-20(23)27)28-12-19(26)25-9-7-16(8-10-25)29-15-4-2-14(22)3-5-15/h1-6,11,14H,7-10,12H2,(H3,24,25,29);1-6,11,16H,7-10,12H2,(H3,23,24,27). The fourth-order valence-electron chi connectivity index (χ4n) is 6.35. The molecule has 2 heterocycles. The second-order valence-corrected chi connectivity index (χ2v) is 16.2. The number of nitrogens with two attached hydrogens (primary N) is 2. The van der Waals surface area contributed by atoms with E-state index in [0.29, 0.717) is 82.1 Å². The molecule has 4 aromatic carbocycles. The molecule has 6 N–H and O–H groups in total. The van der Waals surface area contributed by atoms with Crippen LogP contribution in [0, 0.1) is 11.7 Å². The predicted molar refractivity (Wildman–Crippen MR) is 227 cm³/mol. The Balaban J connectivity index is 0.000000224. The zero-order chi connectivity index (χ0) is 42.5. The number of primary amides is 2. The minimum Gasteiger partial charge on any atom is -0.482 e. The van der Waals surface area contributed by atoms with Crippen LogP contribution < -0.4 is 31.6 Å². The van der Waals surface area contributed by atoms with Crippen LogP contribution in [0.5, 0.6) is 11.5 Å². The van der Waals surface area contributed by atoms with Gasteiger partial charge in [0.1, 0.15) is 17.3 Å². The van der Waals surface area contributed by atoms with Gasteiger partial charge in [0.15, 0.2) is 19.0 Å². The molecule has 2 fully saturated rings. The molecule has 0 radical (unpaired) electrons. The monoisotopic (exact) mass is 886 g/mol. The molecule has 6 amide bonds. The van der Waals surface area contributed by atoms with Crippen LogP contribution in [0.25, 0.3) is 0 Å². The summed E-state index contributed by atoms with van der Waals surface area (Å²) >= 11 is 19.4. The van der Waals surface area contributed by atoms with E-state index in [1.165, 1.54) is 24.3 Å². The van der Waals surface area contributed by atoms with E-state index in [4.69, 9.17) is 55.7 Å². The Morgan fingerprint density at radius 1 is 0.644 bits per heavy atom. The molecular formula is C41H42Cl3FN6O7S. The third-order valence-corrected chi connectivity index (χ3v) is 11.4. The highest BCUT2D eigenvalue weighted by atomic mass is 35.5. The number of hydrogen-bond donors (Lipinski definition) is 4. The minimum atomic E-state index is -0.763. The molecule has 13 nitrogen and oxygen atoms in total. The first kappa shape index (κ1) is 44.9. The van der Waals surface area contributed by atoms with Crippen molar-refractivity contribution in [1.29, 1.82) is 0 Å². The molecule has 2 aliphatic heterocycles. The average molecular weight is 888 g/mol. The molecule has 0 saturated carbocycles. The van der Waals surface area contributed by atoms with Gasteiger partial charge in [-0.05, 0) is 111 Å². The van der Waals surface area contributed by atoms with Gasteiger partial charge in [-0.25, -0.2) is 14.0 Å². The summed E-state index contributed by atoms with van der Waals surface area (Å²) in [6.45, 7) is 1.86. The molecule has 0 aliphatic carbocycles. The van der Waals surface area contributed by atoms with Crippen LogP contribution in [-0.2, 0) is 9.59 Å². The van der Waals surface area contributed by atoms with E-state index in [-0.39, 0.29) is 48.2 Å². The maximum absolute atomic E-state index is 13.0. The molecule has 59 heavy (non-hydrogen) atoms. The minimum absolute atomic E-state index is 0.0679. The van der Waals surface area contributed by atoms with E-state index < -0.39 is 12.1 Å². The molecule has 2 aliphatic rings. The molecule has 6 rings (SSSR count). The Morgan fingerprint density at radius 3 is 1.54 bits per heavy atom. The summed E-state index contributed by atoms with van der Waals surface area (Å²) in [7, 11) is 0. The second kappa shape index (κ2) is 21.7. The summed E-state index contributed by atoms with van der Waals surface area (Å²) in [5, 5.41) is 6.61. The van der Waals surface area contributed by atoms with Crippen LogP contribution in [0.3, 0.4) is 0 Å². The summed E-state index contributed by atoms with van der Waals surface area (Å²) < 4.78 is 24.2. The van der Waals surface area contributed by atoms with Gasteiger partial charge in [-0.1, -0.05) is 34.8 Å². The van der Waals surface area contributed by atoms with Gasteiger partial charge >= 0.3 is 12.1 Å². The molecule has 0 unspecified atom stereocenters. The van der Waals surface area contributed by atoms with Crippen molar-refractivity contribution >= 4 is 87.6 Å². The van der Waals surface area contributed by atoms with E-state index in [1.54, 1.807) is 82.2 Å². The maximum atomic E-state index is 13.0. The second-order valence-electron chi connectivity index (χ2n) is 13.5. The molecule has 0 spiro atoms. The van der Waals surface area contributed by atoms with Crippen LogP contribution >= 0.6 is 46.6 Å². The lowest BCUT2D eigenvalue weighted by atomic mass is 9.89. The van der Waals surface area contributed by atoms with Crippen molar-refractivity contribution in [3.63, 3.8) is 0 Å². The van der Waals surface area contributed by atoms with Gasteiger partial charge in [-0.2, -0.15) is 0 Å². The first-order chi connectivity index (χ1) is 28.2. The number of ether oxygens (including phenoxy) is 2. The number of amides is 6. The van der Waals surface area contributed by atoms with Crippen LogP contribution in [0.15, 0.2) is 89.8 Å². The number of piperidine rings is 2. The number of carbonyl (C=O) groups excluding carboxylic acids is 5. The zero-order valence-corrected chi connectivity index (χ0v) is 34.7. The van der Waals surface area contributed by atoms with Gasteiger partial charge in [-0.15, -0.1) is 11.8 Å². The Bertz CT molecular complexity index is 2120. The van der Waals surface area contributed by atoms with E-state index >= 15 is 0 Å². The Labute approximate surface area is 359 Å². The fraction of sp³-hybridized carbons (Fsp3) is 0.293. The molecule has 4 aromatic rings. The number of ketones is 1. The van der Waals surface area contributed by atoms with Crippen molar-refractivity contribution in [3.8, 4) is 11.5 Å². The quantitative estimate of drug-likeness (QED) is 0.103. The lowest BCUT2D eigenvalue weighted by Crippen LogP contribution is -2.42. The number of nitrogens with one attached hydrogen (secondary N) is 2. The number of rotatable bonds is 12. The third kappa shape index (κ3) is 13.9. The number of thioether (sulfide) groups is 1. The molecule has 2 saturated heterocycles. The number of urea groups is 2. The van der Waals surface area contributed by atoms with Crippen molar-refractivity contribution in [2.45, 2.75) is 35.8 Å². The van der Waals surface area contributed by atoms with Gasteiger partial charge in [0.2, 0.25) is 0 Å². The van der Waals surface area contributed by atoms with E-state index in [2.05, 4.69) is 10.6 Å². The number of halogens is 4. The molecule has 0 atom stereocenters. The zero-order valence-electron chi connectivity index (χ0n) is 31.6. The van der Waals surface area contributed by atoms with Crippen molar-refractivity contribution < 1.29 is 37.8 Å². The summed E-state index contributed by atoms with van der Waals surface area (Å²) in [5.74, 6) is -0.0213. The Kier molecular flexibility index (Phi) is 16.5. The summed E-state index contributed by atoms with van der Waals surface area (Å²) in [4.78, 5) is 64.3. The first-order valence-electron chi connectivity index (χ1n) is 18.5. The van der Waals surface area contributed by atoms with Crippen LogP contribution in [0.4, 0.5) is 25.4 Å². The van der Waals surface area contributed by atoms with Gasteiger partial charge in [0, 0.05) is 62.9 Å². The smallest absolute Gasteiger partial charge is 0.316 e. The SMILES string of the molecule is NC(=O)Nc1cc(Cl)ccc1OCC(=O)N1CCC(C(=O)c2ccc(Cl)cc2)CC1.NC(=O)Nc1cc(Cl)ccc1OCC(=O)N1CCC(Sc2ccc(F)cc2)CC1. The average Bonchev–Trinajstić information content (AvgIpc) is 3.21. The number of anilines is 2. The topological polar surface area (TPSA) is 186 Å². The molecule has 0 aromatic heterocycles. The van der Waals surface area contributed by atoms with Gasteiger partial charge < -0.3 is 41.4 Å². The highest BCUT2D eigenvalue weighted by molar-refractivity contribution is 8.00.